The van der Waals surface area contributed by atoms with Gasteiger partial charge in [-0.2, -0.15) is 0 Å². The van der Waals surface area contributed by atoms with E-state index in [0.29, 0.717) is 0 Å². The van der Waals surface area contributed by atoms with Gasteiger partial charge in [-0.3, -0.25) is 0 Å². The summed E-state index contributed by atoms with van der Waals surface area (Å²) in [6.45, 7) is 0. The number of aromatic nitrogens is 1. The van der Waals surface area contributed by atoms with Crippen LogP contribution in [0, 0.1) is 0 Å². The van der Waals surface area contributed by atoms with Gasteiger partial charge in [-0.1, -0.05) is 146 Å². The van der Waals surface area contributed by atoms with Crippen LogP contribution in [0.4, 0.5) is 11.4 Å². The quantitative estimate of drug-likeness (QED) is 0.166. The first kappa shape index (κ1) is 32.8. The van der Waals surface area contributed by atoms with Gasteiger partial charge in [-0.05, 0) is 124 Å². The molecule has 0 radical (unpaired) electrons. The summed E-state index contributed by atoms with van der Waals surface area (Å²) in [6.07, 6.45) is 25.2. The van der Waals surface area contributed by atoms with Crippen molar-refractivity contribution in [2.24, 2.45) is 0 Å². The predicted octanol–water partition coefficient (Wildman–Crippen LogP) is 14.1. The van der Waals surface area contributed by atoms with Gasteiger partial charge >= 0.3 is 0 Å². The zero-order chi connectivity index (χ0) is 37.0. The smallest absolute Gasteiger partial charge is 0.0629 e. The van der Waals surface area contributed by atoms with E-state index in [9.17, 15) is 0 Å². The maximum absolute atomic E-state index is 2.57. The van der Waals surface area contributed by atoms with Gasteiger partial charge in [0.25, 0.3) is 0 Å². The lowest BCUT2D eigenvalue weighted by atomic mass is 9.89. The second-order valence-electron chi connectivity index (χ2n) is 15.5. The molecule has 0 saturated heterocycles. The summed E-state index contributed by atoms with van der Waals surface area (Å²) in [5.74, 6) is 0.271. The van der Waals surface area contributed by atoms with Crippen molar-refractivity contribution < 1.29 is 0 Å². The van der Waals surface area contributed by atoms with Gasteiger partial charge in [0, 0.05) is 39.6 Å². The van der Waals surface area contributed by atoms with E-state index in [0.717, 1.165) is 25.7 Å². The molecule has 268 valence electrons. The van der Waals surface area contributed by atoms with E-state index >= 15 is 0 Å². The number of fused-ring (bicyclic) bond motifs is 6. The van der Waals surface area contributed by atoms with Gasteiger partial charge in [-0.25, -0.2) is 0 Å². The molecule has 0 spiro atoms. The average molecular weight is 719 g/mol. The highest BCUT2D eigenvalue weighted by molar-refractivity contribution is 6.01. The van der Waals surface area contributed by atoms with Crippen LogP contribution in [-0.4, -0.2) is 10.6 Å². The van der Waals surface area contributed by atoms with E-state index in [1.54, 1.807) is 0 Å². The van der Waals surface area contributed by atoms with E-state index in [1.165, 1.54) is 89.3 Å². The zero-order valence-electron chi connectivity index (χ0n) is 31.4. The minimum absolute atomic E-state index is 0.229. The summed E-state index contributed by atoms with van der Waals surface area (Å²) in [7, 11) is 0. The molecule has 56 heavy (non-hydrogen) atoms. The van der Waals surface area contributed by atoms with Crippen LogP contribution in [0.3, 0.4) is 0 Å². The standard InChI is InChI=1S/C54H42N2/c1-4-15-37(16-5-1)40-27-30-44(31-28-40)55-51-25-12-11-22-48(51)50-36-41(29-32-53(50)55)46-23-14-24-49-47-21-10-13-26-52(47)56(54(46)49)45-34-42(38-17-6-2-7-18-38)33-43(35-45)39-19-8-3-9-20-39/h1-2,4-8,11-20,22-36,48,51H,3,9-10,21H2. The number of hydrogen-bond donors (Lipinski definition) is 0. The summed E-state index contributed by atoms with van der Waals surface area (Å²) < 4.78 is 2.57. The lowest BCUT2D eigenvalue weighted by Crippen LogP contribution is -2.28. The number of hydrogen-bond acceptors (Lipinski definition) is 1. The third-order valence-corrected chi connectivity index (χ3v) is 12.2. The van der Waals surface area contributed by atoms with Crippen LogP contribution in [0.5, 0.6) is 0 Å². The number of para-hydroxylation sites is 1. The van der Waals surface area contributed by atoms with Crippen LogP contribution in [0.15, 0.2) is 188 Å². The second-order valence-corrected chi connectivity index (χ2v) is 15.5. The Kier molecular flexibility index (Phi) is 7.95. The Hall–Kier alpha value is -6.64. The van der Waals surface area contributed by atoms with Gasteiger partial charge in [0.15, 0.2) is 0 Å². The molecule has 2 atom stereocenters. The summed E-state index contributed by atoms with van der Waals surface area (Å²) in [6, 6.07) is 52.2. The maximum atomic E-state index is 2.57. The molecular formula is C54H42N2. The Balaban J connectivity index is 1.08. The molecule has 2 unspecified atom stereocenters. The molecule has 1 aromatic heterocycles. The molecule has 0 saturated carbocycles. The molecule has 6 aromatic carbocycles. The Bertz CT molecular complexity index is 2790. The topological polar surface area (TPSA) is 8.17 Å². The van der Waals surface area contributed by atoms with E-state index in [-0.39, 0.29) is 12.0 Å². The number of anilines is 2. The lowest BCUT2D eigenvalue weighted by molar-refractivity contribution is 0.745. The molecule has 0 fully saturated rings. The van der Waals surface area contributed by atoms with Crippen molar-refractivity contribution >= 4 is 33.9 Å². The van der Waals surface area contributed by atoms with Crippen LogP contribution < -0.4 is 4.90 Å². The predicted molar refractivity (Wildman–Crippen MR) is 237 cm³/mol. The van der Waals surface area contributed by atoms with Gasteiger partial charge in [0.2, 0.25) is 0 Å². The van der Waals surface area contributed by atoms with Crippen molar-refractivity contribution in [3.05, 3.63) is 211 Å². The molecule has 3 aliphatic carbocycles. The molecule has 0 N–H and O–H groups in total. The first-order valence-corrected chi connectivity index (χ1v) is 20.1. The van der Waals surface area contributed by atoms with Crippen molar-refractivity contribution in [1.82, 2.24) is 4.57 Å². The number of rotatable bonds is 6. The minimum atomic E-state index is 0.229. The summed E-state index contributed by atoms with van der Waals surface area (Å²) >= 11 is 0. The first-order valence-electron chi connectivity index (χ1n) is 20.1. The van der Waals surface area contributed by atoms with Crippen molar-refractivity contribution in [3.63, 3.8) is 0 Å². The summed E-state index contributed by atoms with van der Waals surface area (Å²) in [4.78, 5) is 2.54. The average Bonchev–Trinajstić information content (AvgIpc) is 3.80. The zero-order valence-corrected chi connectivity index (χ0v) is 31.4. The Morgan fingerprint density at radius 1 is 0.518 bits per heavy atom. The second kappa shape index (κ2) is 13.6. The SMILES string of the molecule is C1=CC2c3cc(-c4cccc5c6c(n(-c7cc(C8=CCCC=C8)cc(-c8ccccc8)c7)c45)C=CCC6)ccc3N(c3ccc(-c4ccccc4)cc3)C2C=C1. The molecule has 2 heteroatoms. The Labute approximate surface area is 329 Å². The molecule has 2 heterocycles. The van der Waals surface area contributed by atoms with E-state index in [2.05, 4.69) is 204 Å². The summed E-state index contributed by atoms with van der Waals surface area (Å²) in [5, 5.41) is 1.35. The van der Waals surface area contributed by atoms with Crippen LogP contribution >= 0.6 is 0 Å². The highest BCUT2D eigenvalue weighted by atomic mass is 15.2. The van der Waals surface area contributed by atoms with E-state index in [4.69, 9.17) is 0 Å². The molecule has 4 aliphatic rings. The van der Waals surface area contributed by atoms with Crippen LogP contribution in [0.1, 0.15) is 47.6 Å². The third-order valence-electron chi connectivity index (χ3n) is 12.2. The number of nitrogens with zero attached hydrogens (tertiary/aromatic N) is 2. The third kappa shape index (κ3) is 5.47. The monoisotopic (exact) mass is 718 g/mol. The highest BCUT2D eigenvalue weighted by Gasteiger charge is 2.37. The molecule has 11 rings (SSSR count). The number of benzene rings is 6. The van der Waals surface area contributed by atoms with Gasteiger partial charge < -0.3 is 9.47 Å². The molecular weight excluding hydrogens is 677 g/mol. The fraction of sp³-hybridized carbons (Fsp3) is 0.111. The lowest BCUT2D eigenvalue weighted by Gasteiger charge is -2.28. The Morgan fingerprint density at radius 3 is 2.05 bits per heavy atom. The van der Waals surface area contributed by atoms with Crippen LogP contribution in [-0.2, 0) is 6.42 Å². The van der Waals surface area contributed by atoms with Crippen molar-refractivity contribution in [2.45, 2.75) is 37.6 Å². The van der Waals surface area contributed by atoms with Gasteiger partial charge in [0.1, 0.15) is 0 Å². The van der Waals surface area contributed by atoms with E-state index < -0.39 is 0 Å². The summed E-state index contributed by atoms with van der Waals surface area (Å²) in [5.41, 5.74) is 19.2. The molecule has 0 bridgehead atoms. The molecule has 0 amide bonds. The number of aryl methyl sites for hydroxylation is 1. The van der Waals surface area contributed by atoms with Gasteiger partial charge in [0.05, 0.1) is 11.6 Å². The van der Waals surface area contributed by atoms with Gasteiger partial charge in [-0.15, -0.1) is 0 Å². The number of allylic oxidation sites excluding steroid dienone is 7. The fourth-order valence-corrected chi connectivity index (χ4v) is 9.57. The van der Waals surface area contributed by atoms with Crippen LogP contribution in [0.25, 0.3) is 61.6 Å². The first-order chi connectivity index (χ1) is 27.8. The molecule has 1 aliphatic heterocycles. The van der Waals surface area contributed by atoms with Crippen molar-refractivity contribution in [1.29, 1.82) is 0 Å². The Morgan fingerprint density at radius 2 is 1.25 bits per heavy atom. The normalized spacial score (nSPS) is 17.9. The molecule has 2 nitrogen and oxygen atoms in total. The largest absolute Gasteiger partial charge is 0.333 e. The molecule has 7 aromatic rings. The minimum Gasteiger partial charge on any atom is -0.333 e. The maximum Gasteiger partial charge on any atom is 0.0629 e. The highest BCUT2D eigenvalue weighted by Crippen LogP contribution is 2.50. The van der Waals surface area contributed by atoms with E-state index in [1.807, 2.05) is 0 Å². The van der Waals surface area contributed by atoms with Crippen molar-refractivity contribution in [2.75, 3.05) is 4.90 Å². The fourth-order valence-electron chi connectivity index (χ4n) is 9.57. The van der Waals surface area contributed by atoms with Crippen LogP contribution in [0.2, 0.25) is 0 Å². The van der Waals surface area contributed by atoms with Crippen molar-refractivity contribution in [3.8, 4) is 39.1 Å².